The van der Waals surface area contributed by atoms with Crippen molar-refractivity contribution in [2.75, 3.05) is 51.4 Å². The maximum absolute atomic E-state index is 12.7. The highest BCUT2D eigenvalue weighted by molar-refractivity contribution is 7.89. The topological polar surface area (TPSA) is 102 Å². The first-order valence-electron chi connectivity index (χ1n) is 11.3. The van der Waals surface area contributed by atoms with Gasteiger partial charge in [-0.1, -0.05) is 29.8 Å². The molecule has 186 valence electrons. The number of fused-ring (bicyclic) bond motifs is 1. The number of halogens is 1. The van der Waals surface area contributed by atoms with E-state index in [0.29, 0.717) is 17.5 Å². The minimum Gasteiger partial charge on any atom is -0.338 e. The SMILES string of the molecule is CNCCN1CCc2cc(Nc3ncc(Cl)c(Nc4ccccc4S(=O)(=O)N(C)C)n3)ccc2C1. The molecule has 3 N–H and O–H groups in total. The smallest absolute Gasteiger partial charge is 0.244 e. The van der Waals surface area contributed by atoms with Gasteiger partial charge >= 0.3 is 0 Å². The molecule has 0 saturated carbocycles. The molecule has 11 heteroatoms. The fraction of sp³-hybridized carbons (Fsp3) is 0.333. The van der Waals surface area contributed by atoms with E-state index in [9.17, 15) is 8.42 Å². The lowest BCUT2D eigenvalue weighted by Crippen LogP contribution is -2.35. The van der Waals surface area contributed by atoms with E-state index in [4.69, 9.17) is 11.6 Å². The first-order valence-corrected chi connectivity index (χ1v) is 13.2. The molecule has 1 aromatic heterocycles. The van der Waals surface area contributed by atoms with Crippen LogP contribution in [0.3, 0.4) is 0 Å². The van der Waals surface area contributed by atoms with E-state index in [0.717, 1.165) is 42.6 Å². The summed E-state index contributed by atoms with van der Waals surface area (Å²) in [5.41, 5.74) is 3.91. The van der Waals surface area contributed by atoms with E-state index in [2.05, 4.69) is 43.0 Å². The van der Waals surface area contributed by atoms with Crippen molar-refractivity contribution in [3.8, 4) is 0 Å². The third-order valence-electron chi connectivity index (χ3n) is 5.87. The lowest BCUT2D eigenvalue weighted by Gasteiger charge is -2.29. The normalized spacial score (nSPS) is 14.1. The third-order valence-corrected chi connectivity index (χ3v) is 8.02. The number of likely N-dealkylation sites (N-methyl/N-ethyl adjacent to an activating group) is 1. The molecule has 1 aliphatic rings. The number of hydrogen-bond acceptors (Lipinski definition) is 8. The highest BCUT2D eigenvalue weighted by Gasteiger charge is 2.22. The summed E-state index contributed by atoms with van der Waals surface area (Å²) in [6.45, 7) is 3.98. The van der Waals surface area contributed by atoms with Crippen LogP contribution in [0.1, 0.15) is 11.1 Å². The van der Waals surface area contributed by atoms with E-state index in [-0.39, 0.29) is 9.92 Å². The summed E-state index contributed by atoms with van der Waals surface area (Å²) in [6.07, 6.45) is 2.47. The number of rotatable bonds is 9. The van der Waals surface area contributed by atoms with Crippen molar-refractivity contribution >= 4 is 44.8 Å². The predicted molar refractivity (Wildman–Crippen MR) is 140 cm³/mol. The molecule has 0 amide bonds. The number of nitrogens with one attached hydrogen (secondary N) is 3. The number of aromatic nitrogens is 2. The Morgan fingerprint density at radius 3 is 2.69 bits per heavy atom. The van der Waals surface area contributed by atoms with Crippen molar-refractivity contribution in [2.45, 2.75) is 17.9 Å². The number of para-hydroxylation sites is 1. The van der Waals surface area contributed by atoms with Crippen LogP contribution in [0.4, 0.5) is 23.1 Å². The Morgan fingerprint density at radius 2 is 1.91 bits per heavy atom. The minimum atomic E-state index is -3.66. The van der Waals surface area contributed by atoms with Crippen LogP contribution in [-0.2, 0) is 23.0 Å². The molecule has 35 heavy (non-hydrogen) atoms. The summed E-state index contributed by atoms with van der Waals surface area (Å²) >= 11 is 6.34. The molecule has 0 atom stereocenters. The molecule has 2 heterocycles. The zero-order valence-electron chi connectivity index (χ0n) is 20.0. The number of anilines is 4. The second kappa shape index (κ2) is 10.9. The monoisotopic (exact) mass is 515 g/mol. The average Bonchev–Trinajstić information content (AvgIpc) is 2.85. The molecule has 0 saturated heterocycles. The Kier molecular flexibility index (Phi) is 7.88. The second-order valence-electron chi connectivity index (χ2n) is 8.54. The lowest BCUT2D eigenvalue weighted by molar-refractivity contribution is 0.256. The molecule has 0 aliphatic carbocycles. The van der Waals surface area contributed by atoms with Crippen LogP contribution in [0.15, 0.2) is 53.6 Å². The van der Waals surface area contributed by atoms with Crippen molar-refractivity contribution in [3.63, 3.8) is 0 Å². The summed E-state index contributed by atoms with van der Waals surface area (Å²) in [7, 11) is 1.30. The van der Waals surface area contributed by atoms with Crippen LogP contribution in [-0.4, -0.2) is 68.4 Å². The van der Waals surface area contributed by atoms with Crippen LogP contribution in [0.2, 0.25) is 5.02 Å². The second-order valence-corrected chi connectivity index (χ2v) is 11.1. The maximum atomic E-state index is 12.7. The highest BCUT2D eigenvalue weighted by atomic mass is 35.5. The third kappa shape index (κ3) is 5.91. The Morgan fingerprint density at radius 1 is 1.11 bits per heavy atom. The minimum absolute atomic E-state index is 0.132. The molecule has 2 aromatic carbocycles. The summed E-state index contributed by atoms with van der Waals surface area (Å²) in [4.78, 5) is 11.4. The van der Waals surface area contributed by atoms with Crippen LogP contribution >= 0.6 is 11.6 Å². The molecule has 0 radical (unpaired) electrons. The average molecular weight is 516 g/mol. The first-order chi connectivity index (χ1) is 16.8. The maximum Gasteiger partial charge on any atom is 0.244 e. The Bertz CT molecular complexity index is 1300. The summed E-state index contributed by atoms with van der Waals surface area (Å²) < 4.78 is 26.6. The van der Waals surface area contributed by atoms with Crippen molar-refractivity contribution < 1.29 is 8.42 Å². The Hall–Kier alpha value is -2.76. The van der Waals surface area contributed by atoms with Gasteiger partial charge in [0, 0.05) is 46.0 Å². The van der Waals surface area contributed by atoms with Crippen molar-refractivity contribution in [3.05, 3.63) is 64.8 Å². The van der Waals surface area contributed by atoms with E-state index >= 15 is 0 Å². The van der Waals surface area contributed by atoms with Gasteiger partial charge in [0.25, 0.3) is 0 Å². The predicted octanol–water partition coefficient (Wildman–Crippen LogP) is 3.45. The first kappa shape index (κ1) is 25.3. The molecule has 3 aromatic rings. The van der Waals surface area contributed by atoms with Crippen LogP contribution < -0.4 is 16.0 Å². The largest absolute Gasteiger partial charge is 0.338 e. The number of nitrogens with zero attached hydrogens (tertiary/aromatic N) is 4. The quantitative estimate of drug-likeness (QED) is 0.398. The number of benzene rings is 2. The highest BCUT2D eigenvalue weighted by Crippen LogP contribution is 2.30. The van der Waals surface area contributed by atoms with Crippen LogP contribution in [0.25, 0.3) is 0 Å². The van der Waals surface area contributed by atoms with Crippen molar-refractivity contribution in [1.29, 1.82) is 0 Å². The Balaban J connectivity index is 1.53. The summed E-state index contributed by atoms with van der Waals surface area (Å²) in [6, 6.07) is 12.9. The van der Waals surface area contributed by atoms with Gasteiger partial charge in [0.2, 0.25) is 16.0 Å². The van der Waals surface area contributed by atoms with Crippen LogP contribution in [0.5, 0.6) is 0 Å². The molecule has 1 aliphatic heterocycles. The van der Waals surface area contributed by atoms with Gasteiger partial charge in [-0.15, -0.1) is 0 Å². The molecular weight excluding hydrogens is 486 g/mol. The van der Waals surface area contributed by atoms with Crippen LogP contribution in [0, 0.1) is 0 Å². The van der Waals surface area contributed by atoms with E-state index in [1.807, 2.05) is 13.1 Å². The zero-order chi connectivity index (χ0) is 25.0. The van der Waals surface area contributed by atoms with E-state index < -0.39 is 10.0 Å². The van der Waals surface area contributed by atoms with Gasteiger partial charge in [-0.3, -0.25) is 4.90 Å². The fourth-order valence-electron chi connectivity index (χ4n) is 3.91. The number of sulfonamides is 1. The molecule has 0 fully saturated rings. The van der Waals surface area contributed by atoms with Crippen molar-refractivity contribution in [2.24, 2.45) is 0 Å². The van der Waals surface area contributed by atoms with Gasteiger partial charge in [0.05, 0.1) is 11.9 Å². The molecule has 4 rings (SSSR count). The summed E-state index contributed by atoms with van der Waals surface area (Å²) in [5.74, 6) is 0.667. The Labute approximate surface area is 211 Å². The molecular formula is C24H30ClN7O2S. The van der Waals surface area contributed by atoms with Gasteiger partial charge in [0.15, 0.2) is 5.82 Å². The van der Waals surface area contributed by atoms with E-state index in [1.165, 1.54) is 31.4 Å². The fourth-order valence-corrected chi connectivity index (χ4v) is 5.09. The van der Waals surface area contributed by atoms with Gasteiger partial charge in [-0.25, -0.2) is 17.7 Å². The lowest BCUT2D eigenvalue weighted by atomic mass is 9.99. The molecule has 0 bridgehead atoms. The van der Waals surface area contributed by atoms with Gasteiger partial charge in [0.1, 0.15) is 9.92 Å². The standard InChI is InChI=1S/C24H30ClN7O2S/c1-26-11-13-32-12-10-17-14-19(9-8-18(17)16-32)28-24-27-15-20(25)23(30-24)29-21-6-4-5-7-22(21)35(33,34)31(2)3/h4-9,14-15,26H,10-13,16H2,1-3H3,(H2,27,28,29,30). The zero-order valence-corrected chi connectivity index (χ0v) is 21.6. The van der Waals surface area contributed by atoms with Gasteiger partial charge in [-0.2, -0.15) is 4.98 Å². The summed E-state index contributed by atoms with van der Waals surface area (Å²) in [5, 5.41) is 9.78. The van der Waals surface area contributed by atoms with Crippen molar-refractivity contribution in [1.82, 2.24) is 24.5 Å². The number of hydrogen-bond donors (Lipinski definition) is 3. The van der Waals surface area contributed by atoms with Gasteiger partial charge in [-0.05, 0) is 48.9 Å². The van der Waals surface area contributed by atoms with E-state index in [1.54, 1.807) is 24.3 Å². The molecule has 0 spiro atoms. The molecule has 9 nitrogen and oxygen atoms in total. The van der Waals surface area contributed by atoms with Gasteiger partial charge < -0.3 is 16.0 Å². The molecule has 0 unspecified atom stereocenters.